The second-order valence-electron chi connectivity index (χ2n) is 6.57. The lowest BCUT2D eigenvalue weighted by Crippen LogP contribution is -2.33. The normalized spacial score (nSPS) is 26.7. The highest BCUT2D eigenvalue weighted by molar-refractivity contribution is 5.89. The zero-order chi connectivity index (χ0) is 18.1. The Bertz CT molecular complexity index is 732. The molecule has 138 valence electrons. The molecule has 0 radical (unpaired) electrons. The zero-order valence-corrected chi connectivity index (χ0v) is 14.3. The zero-order valence-electron chi connectivity index (χ0n) is 14.3. The predicted molar refractivity (Wildman–Crippen MR) is 92.3 cm³/mol. The van der Waals surface area contributed by atoms with Gasteiger partial charge in [-0.3, -0.25) is 4.57 Å². The van der Waals surface area contributed by atoms with E-state index in [2.05, 4.69) is 10.3 Å². The molecule has 1 aromatic carbocycles. The number of fused-ring (bicyclic) bond motifs is 1. The van der Waals surface area contributed by atoms with Crippen molar-refractivity contribution in [2.24, 2.45) is 0 Å². The van der Waals surface area contributed by atoms with Crippen LogP contribution in [0.15, 0.2) is 18.2 Å². The number of para-hydroxylation sites is 1. The standard InChI is InChI=1S/C17H25N3O5/c1-9(2)18-10-4-3-5-11-14(10)19-13(6-7-21)20(11)17-16(24)15(23)12(8-22)25-17/h3-5,9,12,15-18,21-24H,6-8H2,1-2H3/t12-,15-,16-,17-/m0/s1. The summed E-state index contributed by atoms with van der Waals surface area (Å²) in [6.45, 7) is 3.55. The largest absolute Gasteiger partial charge is 0.396 e. The number of ether oxygens (including phenoxy) is 1. The number of benzene rings is 1. The molecule has 1 fully saturated rings. The molecule has 8 heteroatoms. The Hall–Kier alpha value is -1.71. The van der Waals surface area contributed by atoms with E-state index in [1.807, 2.05) is 32.0 Å². The highest BCUT2D eigenvalue weighted by atomic mass is 16.6. The van der Waals surface area contributed by atoms with Gasteiger partial charge in [0.2, 0.25) is 0 Å². The van der Waals surface area contributed by atoms with Gasteiger partial charge in [-0.25, -0.2) is 4.98 Å². The molecule has 2 heterocycles. The Morgan fingerprint density at radius 3 is 2.60 bits per heavy atom. The molecule has 1 aliphatic rings. The number of nitrogens with zero attached hydrogens (tertiary/aromatic N) is 2. The first kappa shape index (κ1) is 18.1. The number of aliphatic hydroxyl groups is 4. The first-order valence-corrected chi connectivity index (χ1v) is 8.47. The molecule has 8 nitrogen and oxygen atoms in total. The van der Waals surface area contributed by atoms with Crippen LogP contribution in [0.25, 0.3) is 11.0 Å². The van der Waals surface area contributed by atoms with Crippen molar-refractivity contribution in [1.82, 2.24) is 9.55 Å². The van der Waals surface area contributed by atoms with Gasteiger partial charge in [-0.05, 0) is 26.0 Å². The van der Waals surface area contributed by atoms with Crippen LogP contribution in [-0.4, -0.2) is 67.5 Å². The average molecular weight is 351 g/mol. The summed E-state index contributed by atoms with van der Waals surface area (Å²) in [4.78, 5) is 4.62. The number of anilines is 1. The molecular formula is C17H25N3O5. The number of aliphatic hydroxyl groups excluding tert-OH is 4. The van der Waals surface area contributed by atoms with E-state index in [1.54, 1.807) is 4.57 Å². The van der Waals surface area contributed by atoms with Crippen molar-refractivity contribution < 1.29 is 25.2 Å². The molecule has 0 aliphatic carbocycles. The third kappa shape index (κ3) is 3.23. The summed E-state index contributed by atoms with van der Waals surface area (Å²) >= 11 is 0. The highest BCUT2D eigenvalue weighted by Crippen LogP contribution is 2.35. The van der Waals surface area contributed by atoms with E-state index in [9.17, 15) is 20.4 Å². The summed E-state index contributed by atoms with van der Waals surface area (Å²) in [6.07, 6.45) is -3.85. The molecule has 4 atom stereocenters. The van der Waals surface area contributed by atoms with Crippen molar-refractivity contribution in [2.75, 3.05) is 18.5 Å². The minimum absolute atomic E-state index is 0.106. The van der Waals surface area contributed by atoms with Gasteiger partial charge in [0.15, 0.2) is 6.23 Å². The fourth-order valence-electron chi connectivity index (χ4n) is 3.25. The van der Waals surface area contributed by atoms with Crippen LogP contribution in [0.4, 0.5) is 5.69 Å². The smallest absolute Gasteiger partial charge is 0.164 e. The molecule has 1 saturated heterocycles. The molecule has 0 spiro atoms. The van der Waals surface area contributed by atoms with Crippen molar-refractivity contribution in [2.45, 2.75) is 50.8 Å². The Labute approximate surface area is 145 Å². The SMILES string of the molecule is CC(C)Nc1cccc2c1nc(CCO)n2[C@H]1O[C@@H](CO)[C@H](O)[C@@H]1O. The van der Waals surface area contributed by atoms with Gasteiger partial charge in [-0.1, -0.05) is 6.07 Å². The van der Waals surface area contributed by atoms with E-state index in [0.717, 1.165) is 11.2 Å². The van der Waals surface area contributed by atoms with Gasteiger partial charge < -0.3 is 30.5 Å². The first-order chi connectivity index (χ1) is 12.0. The van der Waals surface area contributed by atoms with E-state index in [-0.39, 0.29) is 19.1 Å². The fourth-order valence-corrected chi connectivity index (χ4v) is 3.25. The first-order valence-electron chi connectivity index (χ1n) is 8.47. The summed E-state index contributed by atoms with van der Waals surface area (Å²) < 4.78 is 7.36. The second-order valence-corrected chi connectivity index (χ2v) is 6.57. The molecule has 0 amide bonds. The van der Waals surface area contributed by atoms with Crippen LogP contribution in [0.1, 0.15) is 25.9 Å². The molecular weight excluding hydrogens is 326 g/mol. The molecule has 2 aromatic rings. The minimum Gasteiger partial charge on any atom is -0.396 e. The van der Waals surface area contributed by atoms with E-state index in [1.165, 1.54) is 0 Å². The molecule has 0 bridgehead atoms. The Kier molecular flexibility index (Phi) is 5.26. The van der Waals surface area contributed by atoms with E-state index < -0.39 is 31.1 Å². The van der Waals surface area contributed by atoms with E-state index in [0.29, 0.717) is 11.3 Å². The van der Waals surface area contributed by atoms with Crippen LogP contribution in [0.3, 0.4) is 0 Å². The molecule has 5 N–H and O–H groups in total. The lowest BCUT2D eigenvalue weighted by molar-refractivity contribution is -0.0521. The van der Waals surface area contributed by atoms with Gasteiger partial charge in [-0.15, -0.1) is 0 Å². The molecule has 25 heavy (non-hydrogen) atoms. The van der Waals surface area contributed by atoms with Crippen molar-refractivity contribution in [3.8, 4) is 0 Å². The monoisotopic (exact) mass is 351 g/mol. The quantitative estimate of drug-likeness (QED) is 0.497. The van der Waals surface area contributed by atoms with Gasteiger partial charge in [0.1, 0.15) is 29.7 Å². The Morgan fingerprint density at radius 1 is 1.24 bits per heavy atom. The third-order valence-electron chi connectivity index (χ3n) is 4.34. The number of hydrogen-bond acceptors (Lipinski definition) is 7. The van der Waals surface area contributed by atoms with Gasteiger partial charge in [0, 0.05) is 12.5 Å². The van der Waals surface area contributed by atoms with Crippen molar-refractivity contribution in [1.29, 1.82) is 0 Å². The molecule has 0 unspecified atom stereocenters. The molecule has 1 aromatic heterocycles. The van der Waals surface area contributed by atoms with E-state index in [4.69, 9.17) is 4.74 Å². The summed E-state index contributed by atoms with van der Waals surface area (Å²) in [6, 6.07) is 5.85. The van der Waals surface area contributed by atoms with Crippen LogP contribution < -0.4 is 5.32 Å². The number of imidazole rings is 1. The van der Waals surface area contributed by atoms with Crippen LogP contribution in [0, 0.1) is 0 Å². The number of hydrogen-bond donors (Lipinski definition) is 5. The third-order valence-corrected chi connectivity index (χ3v) is 4.34. The number of rotatable bonds is 6. The maximum absolute atomic E-state index is 10.4. The second kappa shape index (κ2) is 7.27. The topological polar surface area (TPSA) is 120 Å². The van der Waals surface area contributed by atoms with Crippen LogP contribution >= 0.6 is 0 Å². The number of nitrogens with one attached hydrogen (secondary N) is 1. The molecule has 0 saturated carbocycles. The van der Waals surface area contributed by atoms with Crippen LogP contribution in [0.2, 0.25) is 0 Å². The summed E-state index contributed by atoms with van der Waals surface area (Å²) in [5, 5.41) is 42.5. The fraction of sp³-hybridized carbons (Fsp3) is 0.588. The van der Waals surface area contributed by atoms with Crippen molar-refractivity contribution in [3.05, 3.63) is 24.0 Å². The van der Waals surface area contributed by atoms with Gasteiger partial charge in [-0.2, -0.15) is 0 Å². The highest BCUT2D eigenvalue weighted by Gasteiger charge is 2.44. The van der Waals surface area contributed by atoms with E-state index >= 15 is 0 Å². The minimum atomic E-state index is -1.20. The van der Waals surface area contributed by atoms with Crippen LogP contribution in [-0.2, 0) is 11.2 Å². The van der Waals surface area contributed by atoms with Gasteiger partial charge in [0.05, 0.1) is 24.4 Å². The summed E-state index contributed by atoms with van der Waals surface area (Å²) in [5.41, 5.74) is 2.28. The van der Waals surface area contributed by atoms with Gasteiger partial charge >= 0.3 is 0 Å². The lowest BCUT2D eigenvalue weighted by Gasteiger charge is -2.20. The summed E-state index contributed by atoms with van der Waals surface area (Å²) in [5.74, 6) is 0.547. The lowest BCUT2D eigenvalue weighted by atomic mass is 10.1. The number of aromatic nitrogens is 2. The summed E-state index contributed by atoms with van der Waals surface area (Å²) in [7, 11) is 0. The van der Waals surface area contributed by atoms with Gasteiger partial charge in [0.25, 0.3) is 0 Å². The predicted octanol–water partition coefficient (Wildman–Crippen LogP) is 0.00290. The maximum Gasteiger partial charge on any atom is 0.164 e. The maximum atomic E-state index is 10.4. The molecule has 3 rings (SSSR count). The van der Waals surface area contributed by atoms with Crippen molar-refractivity contribution >= 4 is 16.7 Å². The Morgan fingerprint density at radius 2 is 2.00 bits per heavy atom. The Balaban J connectivity index is 2.11. The van der Waals surface area contributed by atoms with Crippen molar-refractivity contribution in [3.63, 3.8) is 0 Å². The van der Waals surface area contributed by atoms with Crippen LogP contribution in [0.5, 0.6) is 0 Å². The average Bonchev–Trinajstić information content (AvgIpc) is 3.06. The molecule has 1 aliphatic heterocycles.